The maximum Gasteiger partial charge on any atom is 0.0556 e. The number of nitrogens with one attached hydrogen (secondary N) is 2. The molecule has 0 unspecified atom stereocenters. The van der Waals surface area contributed by atoms with E-state index in [1.807, 2.05) is 6.07 Å². The average molecular weight is 240 g/mol. The monoisotopic (exact) mass is 240 g/mol. The zero-order chi connectivity index (χ0) is 12.4. The molecule has 1 heterocycles. The Hall–Kier alpha value is -1.84. The van der Waals surface area contributed by atoms with Crippen molar-refractivity contribution in [1.82, 2.24) is 10.3 Å². The van der Waals surface area contributed by atoms with Gasteiger partial charge in [0.15, 0.2) is 0 Å². The third-order valence-electron chi connectivity index (χ3n) is 3.19. The molecule has 0 saturated heterocycles. The summed E-state index contributed by atoms with van der Waals surface area (Å²) in [7, 11) is 0. The summed E-state index contributed by atoms with van der Waals surface area (Å²) in [6.45, 7) is 1.59. The molecule has 0 fully saturated rings. The molecular formula is C15H16N2O. The predicted octanol–water partition coefficient (Wildman–Crippen LogP) is 2.40. The number of hydrogen-bond acceptors (Lipinski definition) is 2. The maximum atomic E-state index is 8.76. The first-order valence-electron chi connectivity index (χ1n) is 6.19. The quantitative estimate of drug-likeness (QED) is 0.613. The Balaban J connectivity index is 2.02. The van der Waals surface area contributed by atoms with Crippen molar-refractivity contribution in [2.24, 2.45) is 0 Å². The van der Waals surface area contributed by atoms with Crippen LogP contribution in [0.5, 0.6) is 0 Å². The van der Waals surface area contributed by atoms with Gasteiger partial charge < -0.3 is 15.4 Å². The Labute approximate surface area is 105 Å². The van der Waals surface area contributed by atoms with Gasteiger partial charge in [0, 0.05) is 34.9 Å². The van der Waals surface area contributed by atoms with Gasteiger partial charge in [-0.25, -0.2) is 0 Å². The van der Waals surface area contributed by atoms with Crippen LogP contribution in [0.3, 0.4) is 0 Å². The van der Waals surface area contributed by atoms with Gasteiger partial charge in [0.2, 0.25) is 0 Å². The molecule has 3 nitrogen and oxygen atoms in total. The van der Waals surface area contributed by atoms with Crippen molar-refractivity contribution < 1.29 is 5.11 Å². The molecule has 0 aliphatic carbocycles. The van der Waals surface area contributed by atoms with Crippen molar-refractivity contribution in [2.75, 3.05) is 13.2 Å². The van der Waals surface area contributed by atoms with Crippen molar-refractivity contribution in [2.45, 2.75) is 6.54 Å². The summed E-state index contributed by atoms with van der Waals surface area (Å²) in [5.74, 6) is 0. The molecule has 3 aromatic rings. The Morgan fingerprint density at radius 2 is 1.83 bits per heavy atom. The zero-order valence-corrected chi connectivity index (χ0v) is 10.1. The second-order valence-electron chi connectivity index (χ2n) is 4.45. The number of aromatic nitrogens is 1. The number of benzene rings is 2. The fraction of sp³-hybridized carbons (Fsp3) is 0.200. The number of rotatable bonds is 4. The van der Waals surface area contributed by atoms with Gasteiger partial charge in [0.25, 0.3) is 0 Å². The van der Waals surface area contributed by atoms with E-state index < -0.39 is 0 Å². The standard InChI is InChI=1S/C15H16N2O/c18-8-7-16-10-11-5-6-15-13(9-11)12-3-1-2-4-14(12)17-15/h1-6,9,16-18H,7-8,10H2. The van der Waals surface area contributed by atoms with E-state index >= 15 is 0 Å². The van der Waals surface area contributed by atoms with Crippen LogP contribution in [0, 0.1) is 0 Å². The number of fused-ring (bicyclic) bond motifs is 3. The second-order valence-corrected chi connectivity index (χ2v) is 4.45. The van der Waals surface area contributed by atoms with Gasteiger partial charge in [-0.05, 0) is 23.8 Å². The summed E-state index contributed by atoms with van der Waals surface area (Å²) < 4.78 is 0. The predicted molar refractivity (Wildman–Crippen MR) is 74.6 cm³/mol. The van der Waals surface area contributed by atoms with Crippen molar-refractivity contribution >= 4 is 21.8 Å². The number of H-pyrrole nitrogens is 1. The van der Waals surface area contributed by atoms with Crippen LogP contribution < -0.4 is 5.32 Å². The lowest BCUT2D eigenvalue weighted by atomic mass is 10.1. The van der Waals surface area contributed by atoms with Crippen LogP contribution in [0.1, 0.15) is 5.56 Å². The first kappa shape index (κ1) is 11.3. The highest BCUT2D eigenvalue weighted by molar-refractivity contribution is 6.07. The highest BCUT2D eigenvalue weighted by Crippen LogP contribution is 2.25. The van der Waals surface area contributed by atoms with Crippen LogP contribution in [0.4, 0.5) is 0 Å². The molecule has 0 radical (unpaired) electrons. The SMILES string of the molecule is OCCNCc1ccc2[nH]c3ccccc3c2c1. The van der Waals surface area contributed by atoms with E-state index in [9.17, 15) is 0 Å². The second kappa shape index (κ2) is 4.80. The third kappa shape index (κ3) is 1.98. The molecule has 0 atom stereocenters. The summed E-state index contributed by atoms with van der Waals surface area (Å²) in [5, 5.41) is 14.5. The summed E-state index contributed by atoms with van der Waals surface area (Å²) >= 11 is 0. The van der Waals surface area contributed by atoms with E-state index in [2.05, 4.69) is 46.7 Å². The fourth-order valence-electron chi connectivity index (χ4n) is 2.32. The summed E-state index contributed by atoms with van der Waals surface area (Å²) in [5.41, 5.74) is 3.58. The molecule has 18 heavy (non-hydrogen) atoms. The molecule has 1 aromatic heterocycles. The molecule has 2 aromatic carbocycles. The lowest BCUT2D eigenvalue weighted by Crippen LogP contribution is -2.17. The lowest BCUT2D eigenvalue weighted by Gasteiger charge is -2.03. The van der Waals surface area contributed by atoms with Gasteiger partial charge in [-0.2, -0.15) is 0 Å². The highest BCUT2D eigenvalue weighted by atomic mass is 16.3. The van der Waals surface area contributed by atoms with Crippen molar-refractivity contribution in [1.29, 1.82) is 0 Å². The van der Waals surface area contributed by atoms with Crippen LogP contribution >= 0.6 is 0 Å². The van der Waals surface area contributed by atoms with Gasteiger partial charge in [-0.15, -0.1) is 0 Å². The van der Waals surface area contributed by atoms with E-state index in [0.717, 1.165) is 6.54 Å². The number of para-hydroxylation sites is 1. The molecule has 0 bridgehead atoms. The number of aromatic amines is 1. The van der Waals surface area contributed by atoms with E-state index in [4.69, 9.17) is 5.11 Å². The summed E-state index contributed by atoms with van der Waals surface area (Å²) in [6, 6.07) is 14.8. The summed E-state index contributed by atoms with van der Waals surface area (Å²) in [6.07, 6.45) is 0. The van der Waals surface area contributed by atoms with Crippen LogP contribution in [0.15, 0.2) is 42.5 Å². The van der Waals surface area contributed by atoms with Gasteiger partial charge in [-0.1, -0.05) is 24.3 Å². The van der Waals surface area contributed by atoms with Crippen LogP contribution in [0.2, 0.25) is 0 Å². The normalized spacial score (nSPS) is 11.4. The molecule has 0 spiro atoms. The fourth-order valence-corrected chi connectivity index (χ4v) is 2.32. The summed E-state index contributed by atoms with van der Waals surface area (Å²) in [4.78, 5) is 3.41. The van der Waals surface area contributed by atoms with Crippen LogP contribution in [0.25, 0.3) is 21.8 Å². The van der Waals surface area contributed by atoms with Crippen molar-refractivity contribution in [3.63, 3.8) is 0 Å². The topological polar surface area (TPSA) is 48.0 Å². The number of aliphatic hydroxyl groups is 1. The molecule has 3 N–H and O–H groups in total. The minimum Gasteiger partial charge on any atom is -0.395 e. The minimum absolute atomic E-state index is 0.176. The third-order valence-corrected chi connectivity index (χ3v) is 3.19. The Morgan fingerprint density at radius 1 is 1.00 bits per heavy atom. The molecule has 0 aliphatic heterocycles. The average Bonchev–Trinajstić information content (AvgIpc) is 2.77. The maximum absolute atomic E-state index is 8.76. The van der Waals surface area contributed by atoms with E-state index in [-0.39, 0.29) is 6.61 Å². The minimum atomic E-state index is 0.176. The molecule has 3 heteroatoms. The largest absolute Gasteiger partial charge is 0.395 e. The highest BCUT2D eigenvalue weighted by Gasteiger charge is 2.03. The number of hydrogen-bond donors (Lipinski definition) is 3. The zero-order valence-electron chi connectivity index (χ0n) is 10.1. The lowest BCUT2D eigenvalue weighted by molar-refractivity contribution is 0.292. The van der Waals surface area contributed by atoms with Crippen molar-refractivity contribution in [3.05, 3.63) is 48.0 Å². The van der Waals surface area contributed by atoms with Crippen LogP contribution in [-0.2, 0) is 6.54 Å². The van der Waals surface area contributed by atoms with E-state index in [1.54, 1.807) is 0 Å². The molecule has 0 amide bonds. The molecule has 0 saturated carbocycles. The first-order chi connectivity index (χ1) is 8.88. The van der Waals surface area contributed by atoms with E-state index in [0.29, 0.717) is 6.54 Å². The van der Waals surface area contributed by atoms with Gasteiger partial charge in [0.1, 0.15) is 0 Å². The Kier molecular flexibility index (Phi) is 3.00. The van der Waals surface area contributed by atoms with Crippen LogP contribution in [-0.4, -0.2) is 23.2 Å². The molecular weight excluding hydrogens is 224 g/mol. The van der Waals surface area contributed by atoms with Gasteiger partial charge >= 0.3 is 0 Å². The Bertz CT molecular complexity index is 672. The Morgan fingerprint density at radius 3 is 2.72 bits per heavy atom. The number of aliphatic hydroxyl groups excluding tert-OH is 1. The molecule has 3 rings (SSSR count). The smallest absolute Gasteiger partial charge is 0.0556 e. The first-order valence-corrected chi connectivity index (χ1v) is 6.19. The van der Waals surface area contributed by atoms with E-state index in [1.165, 1.54) is 27.4 Å². The van der Waals surface area contributed by atoms with Gasteiger partial charge in [-0.3, -0.25) is 0 Å². The van der Waals surface area contributed by atoms with Crippen molar-refractivity contribution in [3.8, 4) is 0 Å². The molecule has 92 valence electrons. The molecule has 0 aliphatic rings. The van der Waals surface area contributed by atoms with Gasteiger partial charge in [0.05, 0.1) is 6.61 Å².